The normalized spacial score (nSPS) is 4.88. The minimum absolute atomic E-state index is 0. The molecule has 16 heavy (non-hydrogen) atoms. The first kappa shape index (κ1) is 42.9. The van der Waals surface area contributed by atoms with Gasteiger partial charge < -0.3 is 2.85 Å². The first-order valence-electron chi connectivity index (χ1n) is 1.84. The van der Waals surface area contributed by atoms with Crippen LogP contribution in [0.2, 0.25) is 0 Å². The molecule has 0 aromatic heterocycles. The predicted molar refractivity (Wildman–Crippen MR) is 15.8 cm³/mol. The van der Waals surface area contributed by atoms with Crippen molar-refractivity contribution in [2.75, 3.05) is 0 Å². The minimum atomic E-state index is -4.08. The quantitative estimate of drug-likeness (QED) is 0.217. The Morgan fingerprint density at radius 1 is 0.562 bits per heavy atom. The number of hydrogen-bond acceptors (Lipinski definition) is 9. The summed E-state index contributed by atoms with van der Waals surface area (Å²) >= 11 is -12.2. The van der Waals surface area contributed by atoms with E-state index in [2.05, 4.69) is 0 Å². The monoisotopic (exact) mass is 754 g/mol. The third-order valence-electron chi connectivity index (χ3n) is 0. The molecule has 0 atom stereocenters. The molecule has 0 aliphatic heterocycles. The molecule has 16 heteroatoms. The van der Waals surface area contributed by atoms with Crippen molar-refractivity contribution in [2.24, 2.45) is 0 Å². The molecule has 0 spiro atoms. The Labute approximate surface area is 198 Å². The van der Waals surface area contributed by atoms with Gasteiger partial charge in [0, 0.05) is 0 Å². The molecular formula is H2Bi2Na2O9Ti3. The SMILES string of the molecule is [Bi+3].[Bi+3].[H-].[H-].[Na+].[Na+].[O]=[Ti]([O-])[O-].[O]=[Ti]([O-])[O-].[O]=[Ti]([O-])[O-]. The van der Waals surface area contributed by atoms with Crippen molar-refractivity contribution < 1.29 is 150 Å². The van der Waals surface area contributed by atoms with E-state index in [0.29, 0.717) is 0 Å². The molecule has 0 rings (SSSR count). The molecule has 4 radical (unpaired) electrons. The van der Waals surface area contributed by atoms with E-state index in [9.17, 15) is 0 Å². The van der Waals surface area contributed by atoms with Gasteiger partial charge in [0.25, 0.3) is 0 Å². The van der Waals surface area contributed by atoms with Crippen molar-refractivity contribution in [3.8, 4) is 0 Å². The fourth-order valence-electron chi connectivity index (χ4n) is 0. The Morgan fingerprint density at radius 2 is 0.562 bits per heavy atom. The van der Waals surface area contributed by atoms with Gasteiger partial charge in [-0.2, -0.15) is 0 Å². The second kappa shape index (κ2) is 36.9. The van der Waals surface area contributed by atoms with Crippen LogP contribution in [0.5, 0.6) is 0 Å². The first-order valence-corrected chi connectivity index (χ1v) is 7.57. The fraction of sp³-hybridized carbons (Fsp3) is 0. The van der Waals surface area contributed by atoms with Gasteiger partial charge in [0.05, 0.1) is 0 Å². The van der Waals surface area contributed by atoms with Crippen molar-refractivity contribution in [3.63, 3.8) is 0 Å². The van der Waals surface area contributed by atoms with E-state index in [1.54, 1.807) is 0 Å². The Morgan fingerprint density at radius 3 is 0.562 bits per heavy atom. The molecule has 0 heterocycles. The van der Waals surface area contributed by atoms with Crippen LogP contribution < -0.4 is 81.2 Å². The second-order valence-electron chi connectivity index (χ2n) is 0.750. The first-order chi connectivity index (χ1) is 5.20. The summed E-state index contributed by atoms with van der Waals surface area (Å²) in [7, 11) is 0. The maximum atomic E-state index is 8.58. The second-order valence-corrected chi connectivity index (χ2v) is 3.09. The van der Waals surface area contributed by atoms with E-state index >= 15 is 0 Å². The number of rotatable bonds is 0. The summed E-state index contributed by atoms with van der Waals surface area (Å²) in [6.07, 6.45) is 0. The summed E-state index contributed by atoms with van der Waals surface area (Å²) in [5.74, 6) is 0. The van der Waals surface area contributed by atoms with Gasteiger partial charge in [-0.1, -0.05) is 0 Å². The van der Waals surface area contributed by atoms with Crippen molar-refractivity contribution in [1.29, 1.82) is 0 Å². The average Bonchev–Trinajstić information content (AvgIpc) is 1.54. The van der Waals surface area contributed by atoms with Gasteiger partial charge in [-0.05, 0) is 0 Å². The van der Waals surface area contributed by atoms with Crippen LogP contribution >= 0.6 is 0 Å². The molecule has 80 valence electrons. The topological polar surface area (TPSA) is 190 Å². The van der Waals surface area contributed by atoms with Crippen molar-refractivity contribution in [1.82, 2.24) is 0 Å². The predicted octanol–water partition coefficient (Wildman–Crippen LogP) is -14.0. The van der Waals surface area contributed by atoms with E-state index < -0.39 is 55.8 Å². The van der Waals surface area contributed by atoms with Crippen LogP contribution in [0.3, 0.4) is 0 Å². The van der Waals surface area contributed by atoms with Crippen LogP contribution in [-0.2, 0) is 65.8 Å². The molecule has 9 nitrogen and oxygen atoms in total. The van der Waals surface area contributed by atoms with E-state index in [-0.39, 0.29) is 114 Å². The van der Waals surface area contributed by atoms with Gasteiger partial charge in [0.15, 0.2) is 0 Å². The standard InChI is InChI=1S/2Bi.2Na.9O.3Ti.2H/q2*+3;2*+1;;;;6*-1;;;;2*-1. The molecule has 0 aromatic rings. The maximum absolute atomic E-state index is 8.58. The third kappa shape index (κ3) is 242. The molecule has 0 aliphatic carbocycles. The van der Waals surface area contributed by atoms with Gasteiger partial charge in [-0.3, -0.25) is 0 Å². The molecular weight excluding hydrogens is 752 g/mol. The molecule has 0 aromatic carbocycles. The van der Waals surface area contributed by atoms with Crippen molar-refractivity contribution >= 4 is 52.4 Å². The van der Waals surface area contributed by atoms with Crippen LogP contribution in [0.25, 0.3) is 0 Å². The molecule has 0 bridgehead atoms. The van der Waals surface area contributed by atoms with E-state index in [1.807, 2.05) is 0 Å². The molecule has 0 saturated carbocycles. The Hall–Kier alpha value is 5.07. The zero-order valence-corrected chi connectivity index (χ0v) is 23.7. The molecule has 0 saturated heterocycles. The average molecular weight is 754 g/mol. The Kier molecular flexibility index (Phi) is 98.8. The molecule has 0 unspecified atom stereocenters. The van der Waals surface area contributed by atoms with Crippen molar-refractivity contribution in [3.05, 3.63) is 0 Å². The zero-order valence-electron chi connectivity index (χ0n) is 10.1. The molecule has 0 N–H and O–H groups in total. The van der Waals surface area contributed by atoms with Crippen LogP contribution in [0.15, 0.2) is 0 Å². The summed E-state index contributed by atoms with van der Waals surface area (Å²) < 4.78 is 77.2. The molecule has 0 aliphatic rings. The van der Waals surface area contributed by atoms with Gasteiger partial charge in [0.2, 0.25) is 0 Å². The van der Waals surface area contributed by atoms with Crippen LogP contribution in [0.1, 0.15) is 2.85 Å². The summed E-state index contributed by atoms with van der Waals surface area (Å²) in [6.45, 7) is 0. The summed E-state index contributed by atoms with van der Waals surface area (Å²) in [4.78, 5) is 0. The van der Waals surface area contributed by atoms with Crippen LogP contribution in [-0.4, -0.2) is 52.4 Å². The fourth-order valence-corrected chi connectivity index (χ4v) is 0. The summed E-state index contributed by atoms with van der Waals surface area (Å²) in [5.41, 5.74) is 0. The summed E-state index contributed by atoms with van der Waals surface area (Å²) in [6, 6.07) is 0. The molecule has 0 fully saturated rings. The van der Waals surface area contributed by atoms with E-state index in [4.69, 9.17) is 32.1 Å². The van der Waals surface area contributed by atoms with E-state index in [1.165, 1.54) is 0 Å². The van der Waals surface area contributed by atoms with Gasteiger partial charge in [-0.15, -0.1) is 0 Å². The van der Waals surface area contributed by atoms with E-state index in [0.717, 1.165) is 0 Å². The van der Waals surface area contributed by atoms with Crippen LogP contribution in [0.4, 0.5) is 0 Å². The third-order valence-corrected chi connectivity index (χ3v) is 0. The molecule has 0 amide bonds. The Balaban J connectivity index is -0.00000000827. The summed E-state index contributed by atoms with van der Waals surface area (Å²) in [5, 5.41) is 0. The zero-order chi connectivity index (χ0) is 10.7. The van der Waals surface area contributed by atoms with Gasteiger partial charge in [-0.25, -0.2) is 0 Å². The van der Waals surface area contributed by atoms with Crippen molar-refractivity contribution in [2.45, 2.75) is 0 Å². The Bertz CT molecular complexity index is 133. The van der Waals surface area contributed by atoms with Gasteiger partial charge in [0.1, 0.15) is 0 Å². The number of hydrogen-bond donors (Lipinski definition) is 0. The van der Waals surface area contributed by atoms with Crippen LogP contribution in [0, 0.1) is 0 Å². The van der Waals surface area contributed by atoms with Gasteiger partial charge >= 0.3 is 199 Å².